The Morgan fingerprint density at radius 2 is 1.68 bits per heavy atom. The summed E-state index contributed by atoms with van der Waals surface area (Å²) in [4.78, 5) is 25.5. The van der Waals surface area contributed by atoms with E-state index in [4.69, 9.17) is 0 Å². The van der Waals surface area contributed by atoms with Gasteiger partial charge in [0, 0.05) is 13.6 Å². The van der Waals surface area contributed by atoms with Crippen LogP contribution in [0, 0.1) is 0 Å². The number of hydrogen-bond acceptors (Lipinski definition) is 8. The van der Waals surface area contributed by atoms with Crippen LogP contribution in [0.5, 0.6) is 0 Å². The summed E-state index contributed by atoms with van der Waals surface area (Å²) in [6.07, 6.45) is 2.89. The van der Waals surface area contributed by atoms with Gasteiger partial charge in [0.05, 0.1) is 29.1 Å². The Bertz CT molecular complexity index is 1310. The van der Waals surface area contributed by atoms with Crippen molar-refractivity contribution >= 4 is 31.8 Å². The first-order valence-corrected chi connectivity index (χ1v) is 10.6. The summed E-state index contributed by atoms with van der Waals surface area (Å²) in [5.41, 5.74) is -0.102. The standard InChI is InChI=1S/C16H19N7O4S/c1-9(8-21(2)28(3,26)27)22-15(24)11-6-14-12(7-13(11)17-19-22)16(25)23(20-18-14)10-4-5-10/h6-7,9-10H,4-5,8H2,1-3H3. The Kier molecular flexibility index (Phi) is 4.27. The van der Waals surface area contributed by atoms with Gasteiger partial charge in [-0.1, -0.05) is 10.4 Å². The molecule has 0 saturated heterocycles. The zero-order valence-electron chi connectivity index (χ0n) is 15.6. The molecule has 1 unspecified atom stereocenters. The first-order valence-electron chi connectivity index (χ1n) is 8.76. The molecule has 0 radical (unpaired) electrons. The van der Waals surface area contributed by atoms with E-state index in [0.29, 0.717) is 10.9 Å². The van der Waals surface area contributed by atoms with Crippen LogP contribution in [0.4, 0.5) is 0 Å². The molecule has 3 aromatic rings. The fourth-order valence-electron chi connectivity index (χ4n) is 3.04. The molecule has 2 heterocycles. The van der Waals surface area contributed by atoms with E-state index in [-0.39, 0.29) is 29.0 Å². The van der Waals surface area contributed by atoms with Gasteiger partial charge in [-0.25, -0.2) is 22.1 Å². The van der Waals surface area contributed by atoms with E-state index in [1.54, 1.807) is 6.92 Å². The van der Waals surface area contributed by atoms with Gasteiger partial charge in [0.25, 0.3) is 11.1 Å². The van der Waals surface area contributed by atoms with Crippen molar-refractivity contribution in [3.8, 4) is 0 Å². The second kappa shape index (κ2) is 6.41. The third-order valence-corrected chi connectivity index (χ3v) is 6.17. The van der Waals surface area contributed by atoms with Crippen LogP contribution in [0.3, 0.4) is 0 Å². The molecule has 148 valence electrons. The van der Waals surface area contributed by atoms with E-state index in [9.17, 15) is 18.0 Å². The summed E-state index contributed by atoms with van der Waals surface area (Å²) < 4.78 is 26.9. The van der Waals surface area contributed by atoms with Gasteiger partial charge in [-0.3, -0.25) is 9.59 Å². The van der Waals surface area contributed by atoms with Gasteiger partial charge in [-0.05, 0) is 31.9 Å². The highest BCUT2D eigenvalue weighted by Gasteiger charge is 2.27. The maximum atomic E-state index is 12.9. The molecule has 1 fully saturated rings. The quantitative estimate of drug-likeness (QED) is 0.528. The fourth-order valence-corrected chi connectivity index (χ4v) is 3.52. The van der Waals surface area contributed by atoms with Crippen molar-refractivity contribution in [3.63, 3.8) is 0 Å². The van der Waals surface area contributed by atoms with Gasteiger partial charge < -0.3 is 0 Å². The normalized spacial score (nSPS) is 16.1. The Balaban J connectivity index is 1.81. The molecular formula is C16H19N7O4S. The Morgan fingerprint density at radius 1 is 1.11 bits per heavy atom. The Morgan fingerprint density at radius 3 is 2.25 bits per heavy atom. The van der Waals surface area contributed by atoms with Crippen LogP contribution >= 0.6 is 0 Å². The highest BCUT2D eigenvalue weighted by atomic mass is 32.2. The first-order chi connectivity index (χ1) is 13.2. The maximum Gasteiger partial charge on any atom is 0.277 e. The van der Waals surface area contributed by atoms with Crippen molar-refractivity contribution in [2.24, 2.45) is 0 Å². The average Bonchev–Trinajstić information content (AvgIpc) is 3.45. The Hall–Kier alpha value is -2.73. The number of fused-ring (bicyclic) bond motifs is 2. The largest absolute Gasteiger partial charge is 0.277 e. The topological polar surface area (TPSA) is 133 Å². The van der Waals surface area contributed by atoms with E-state index in [2.05, 4.69) is 20.6 Å². The molecular weight excluding hydrogens is 386 g/mol. The molecule has 1 aromatic carbocycles. The number of benzene rings is 1. The van der Waals surface area contributed by atoms with Crippen LogP contribution in [-0.4, -0.2) is 62.6 Å². The summed E-state index contributed by atoms with van der Waals surface area (Å²) >= 11 is 0. The smallest absolute Gasteiger partial charge is 0.267 e. The minimum atomic E-state index is -3.39. The zero-order valence-corrected chi connectivity index (χ0v) is 16.4. The van der Waals surface area contributed by atoms with E-state index >= 15 is 0 Å². The number of sulfonamides is 1. The predicted molar refractivity (Wildman–Crippen MR) is 102 cm³/mol. The van der Waals surface area contributed by atoms with Crippen molar-refractivity contribution in [3.05, 3.63) is 32.8 Å². The molecule has 11 nitrogen and oxygen atoms in total. The molecule has 2 aromatic heterocycles. The highest BCUT2D eigenvalue weighted by Crippen LogP contribution is 2.32. The van der Waals surface area contributed by atoms with Crippen LogP contribution in [0.25, 0.3) is 21.8 Å². The van der Waals surface area contributed by atoms with Crippen molar-refractivity contribution in [2.75, 3.05) is 19.8 Å². The number of rotatable bonds is 5. The van der Waals surface area contributed by atoms with Crippen molar-refractivity contribution in [1.29, 1.82) is 0 Å². The molecule has 0 N–H and O–H groups in total. The maximum absolute atomic E-state index is 12.9. The van der Waals surface area contributed by atoms with Gasteiger partial charge in [0.2, 0.25) is 10.0 Å². The third-order valence-electron chi connectivity index (χ3n) is 4.89. The number of hydrogen-bond donors (Lipinski definition) is 0. The SMILES string of the molecule is CC(CN(C)S(C)(=O)=O)n1nnc2cc3c(=O)n(C4CC4)nnc3cc2c1=O. The van der Waals surface area contributed by atoms with Crippen LogP contribution < -0.4 is 11.1 Å². The van der Waals surface area contributed by atoms with Gasteiger partial charge in [0.15, 0.2) is 0 Å². The Labute approximate surface area is 159 Å². The summed E-state index contributed by atoms with van der Waals surface area (Å²) in [6, 6.07) is 2.55. The lowest BCUT2D eigenvalue weighted by molar-refractivity contribution is 0.359. The minimum Gasteiger partial charge on any atom is -0.267 e. The monoisotopic (exact) mass is 405 g/mol. The summed E-state index contributed by atoms with van der Waals surface area (Å²) in [5, 5.41) is 16.6. The molecule has 1 saturated carbocycles. The molecule has 0 spiro atoms. The van der Waals surface area contributed by atoms with Crippen molar-refractivity contribution < 1.29 is 8.42 Å². The third kappa shape index (κ3) is 3.18. The summed E-state index contributed by atoms with van der Waals surface area (Å²) in [5.74, 6) is 0. The lowest BCUT2D eigenvalue weighted by Gasteiger charge is -2.19. The molecule has 0 aliphatic heterocycles. The molecule has 0 bridgehead atoms. The molecule has 1 atom stereocenters. The van der Waals surface area contributed by atoms with Gasteiger partial charge in [0.1, 0.15) is 11.0 Å². The van der Waals surface area contributed by atoms with E-state index < -0.39 is 21.6 Å². The first kappa shape index (κ1) is 18.6. The highest BCUT2D eigenvalue weighted by molar-refractivity contribution is 7.88. The lowest BCUT2D eigenvalue weighted by Crippen LogP contribution is -2.36. The van der Waals surface area contributed by atoms with Gasteiger partial charge >= 0.3 is 0 Å². The van der Waals surface area contributed by atoms with Crippen LogP contribution in [0.1, 0.15) is 31.8 Å². The molecule has 0 amide bonds. The molecule has 1 aliphatic rings. The van der Waals surface area contributed by atoms with Gasteiger partial charge in [-0.2, -0.15) is 0 Å². The lowest BCUT2D eigenvalue weighted by atomic mass is 10.2. The van der Waals surface area contributed by atoms with E-state index in [0.717, 1.165) is 28.1 Å². The average molecular weight is 405 g/mol. The molecule has 1 aliphatic carbocycles. The molecule has 4 rings (SSSR count). The predicted octanol–water partition coefficient (Wildman–Crippen LogP) is -0.316. The second-order valence-electron chi connectivity index (χ2n) is 7.19. The minimum absolute atomic E-state index is 0.0679. The second-order valence-corrected chi connectivity index (χ2v) is 9.28. The van der Waals surface area contributed by atoms with E-state index in [1.807, 2.05) is 0 Å². The fraction of sp³-hybridized carbons (Fsp3) is 0.500. The van der Waals surface area contributed by atoms with Crippen LogP contribution in [-0.2, 0) is 10.0 Å². The van der Waals surface area contributed by atoms with E-state index in [1.165, 1.54) is 23.9 Å². The van der Waals surface area contributed by atoms with Crippen molar-refractivity contribution in [1.82, 2.24) is 34.3 Å². The zero-order chi connectivity index (χ0) is 20.2. The van der Waals surface area contributed by atoms with Crippen molar-refractivity contribution in [2.45, 2.75) is 31.8 Å². The van der Waals surface area contributed by atoms with Crippen LogP contribution in [0.2, 0.25) is 0 Å². The number of likely N-dealkylation sites (N-methyl/N-ethyl adjacent to an activating group) is 1. The summed E-state index contributed by atoms with van der Waals surface area (Å²) in [6.45, 7) is 1.75. The summed E-state index contributed by atoms with van der Waals surface area (Å²) in [7, 11) is -1.96. The number of nitrogens with zero attached hydrogens (tertiary/aromatic N) is 7. The molecule has 12 heteroatoms. The number of aromatic nitrogens is 6. The van der Waals surface area contributed by atoms with Gasteiger partial charge in [-0.15, -0.1) is 10.2 Å². The van der Waals surface area contributed by atoms with Crippen LogP contribution in [0.15, 0.2) is 21.7 Å². The molecule has 28 heavy (non-hydrogen) atoms.